The van der Waals surface area contributed by atoms with Crippen molar-refractivity contribution in [1.82, 2.24) is 9.78 Å². The number of aryl methyl sites for hydroxylation is 1. The molecule has 0 fully saturated rings. The van der Waals surface area contributed by atoms with E-state index >= 15 is 0 Å². The maximum absolute atomic E-state index is 12.6. The zero-order valence-electron chi connectivity index (χ0n) is 14.8. The lowest BCUT2D eigenvalue weighted by molar-refractivity contribution is 0.101. The third-order valence-electron chi connectivity index (χ3n) is 4.21. The van der Waals surface area contributed by atoms with E-state index < -0.39 is 11.3 Å². The Kier molecular flexibility index (Phi) is 4.84. The highest BCUT2D eigenvalue weighted by Crippen LogP contribution is 2.18. The minimum Gasteiger partial charge on any atom is -0.497 e. The molecule has 0 aliphatic carbocycles. The Morgan fingerprint density at radius 3 is 2.50 bits per heavy atom. The molecule has 6 heteroatoms. The number of amides is 1. The second-order valence-electron chi connectivity index (χ2n) is 5.87. The van der Waals surface area contributed by atoms with Gasteiger partial charge in [-0.15, -0.1) is 0 Å². The van der Waals surface area contributed by atoms with E-state index in [4.69, 9.17) is 4.74 Å². The first kappa shape index (κ1) is 17.4. The predicted molar refractivity (Wildman–Crippen MR) is 100 cm³/mol. The summed E-state index contributed by atoms with van der Waals surface area (Å²) >= 11 is 0. The first-order chi connectivity index (χ1) is 12.5. The van der Waals surface area contributed by atoms with Gasteiger partial charge in [0.15, 0.2) is 5.69 Å². The molecule has 1 aromatic heterocycles. The summed E-state index contributed by atoms with van der Waals surface area (Å²) in [6.45, 7) is 3.88. The molecule has 3 aromatic rings. The summed E-state index contributed by atoms with van der Waals surface area (Å²) in [6.07, 6.45) is 1.53. The van der Waals surface area contributed by atoms with E-state index in [2.05, 4.69) is 10.4 Å². The molecule has 0 atom stereocenters. The highest BCUT2D eigenvalue weighted by Gasteiger charge is 2.15. The van der Waals surface area contributed by atoms with Crippen LogP contribution in [0.1, 0.15) is 21.6 Å². The predicted octanol–water partition coefficient (Wildman–Crippen LogP) is 3.11. The number of hydrogen-bond acceptors (Lipinski definition) is 4. The third-order valence-corrected chi connectivity index (χ3v) is 4.21. The van der Waals surface area contributed by atoms with E-state index in [1.165, 1.54) is 16.9 Å². The molecule has 6 nitrogen and oxygen atoms in total. The third kappa shape index (κ3) is 3.49. The van der Waals surface area contributed by atoms with E-state index in [9.17, 15) is 9.59 Å². The molecule has 0 saturated heterocycles. The largest absolute Gasteiger partial charge is 0.497 e. The van der Waals surface area contributed by atoms with E-state index in [1.807, 2.05) is 26.0 Å². The van der Waals surface area contributed by atoms with Gasteiger partial charge < -0.3 is 10.1 Å². The van der Waals surface area contributed by atoms with Gasteiger partial charge in [-0.2, -0.15) is 5.10 Å². The van der Waals surface area contributed by atoms with Gasteiger partial charge in [0.05, 0.1) is 12.8 Å². The smallest absolute Gasteiger partial charge is 0.280 e. The number of nitrogens with one attached hydrogen (secondary N) is 1. The lowest BCUT2D eigenvalue weighted by atomic mass is 10.1. The van der Waals surface area contributed by atoms with Crippen LogP contribution in [0.15, 0.2) is 59.5 Å². The number of benzene rings is 2. The molecule has 0 aliphatic rings. The van der Waals surface area contributed by atoms with Crippen LogP contribution >= 0.6 is 0 Å². The number of nitrogens with zero attached hydrogens (tertiary/aromatic N) is 2. The molecule has 0 bridgehead atoms. The van der Waals surface area contributed by atoms with E-state index in [1.54, 1.807) is 37.4 Å². The summed E-state index contributed by atoms with van der Waals surface area (Å²) in [5.74, 6) is 0.175. The Hall–Kier alpha value is -3.41. The lowest BCUT2D eigenvalue weighted by Crippen LogP contribution is -2.25. The Morgan fingerprint density at radius 2 is 1.81 bits per heavy atom. The fraction of sp³-hybridized carbons (Fsp3) is 0.150. The number of hydrogen-bond donors (Lipinski definition) is 1. The van der Waals surface area contributed by atoms with Crippen molar-refractivity contribution in [3.8, 4) is 11.4 Å². The van der Waals surface area contributed by atoms with E-state index in [-0.39, 0.29) is 5.69 Å². The van der Waals surface area contributed by atoms with Crippen LogP contribution in [0.3, 0.4) is 0 Å². The van der Waals surface area contributed by atoms with Crippen LogP contribution < -0.4 is 15.5 Å². The van der Waals surface area contributed by atoms with Crippen molar-refractivity contribution < 1.29 is 9.53 Å². The van der Waals surface area contributed by atoms with Gasteiger partial charge in [0.1, 0.15) is 5.75 Å². The van der Waals surface area contributed by atoms with Crippen molar-refractivity contribution in [2.45, 2.75) is 13.8 Å². The van der Waals surface area contributed by atoms with Crippen LogP contribution in [0.5, 0.6) is 5.75 Å². The van der Waals surface area contributed by atoms with Crippen LogP contribution in [0.2, 0.25) is 0 Å². The molecular formula is C20H19N3O3. The van der Waals surface area contributed by atoms with Gasteiger partial charge in [0, 0.05) is 18.0 Å². The summed E-state index contributed by atoms with van der Waals surface area (Å²) in [5, 5.41) is 6.97. The Balaban J connectivity index is 1.93. The quantitative estimate of drug-likeness (QED) is 0.785. The van der Waals surface area contributed by atoms with Crippen LogP contribution in [-0.4, -0.2) is 22.8 Å². The zero-order chi connectivity index (χ0) is 18.7. The van der Waals surface area contributed by atoms with Gasteiger partial charge in [-0.05, 0) is 55.3 Å². The van der Waals surface area contributed by atoms with Crippen LogP contribution in [0.4, 0.5) is 5.69 Å². The first-order valence-corrected chi connectivity index (χ1v) is 8.11. The van der Waals surface area contributed by atoms with Gasteiger partial charge in [-0.1, -0.05) is 12.1 Å². The summed E-state index contributed by atoms with van der Waals surface area (Å²) in [5.41, 5.74) is 2.79. The van der Waals surface area contributed by atoms with Crippen molar-refractivity contribution in [3.05, 3.63) is 81.8 Å². The standard InChI is InChI=1S/C20H19N3O3/c1-13-5-4-6-17(14(13)2)21-20(25)19-18(24)11-12-23(22-19)15-7-9-16(26-3)10-8-15/h4-12H,1-3H3,(H,21,25). The van der Waals surface area contributed by atoms with Crippen molar-refractivity contribution >= 4 is 11.6 Å². The minimum absolute atomic E-state index is 0.163. The monoisotopic (exact) mass is 349 g/mol. The molecule has 0 saturated carbocycles. The van der Waals surface area contributed by atoms with E-state index in [0.29, 0.717) is 17.1 Å². The summed E-state index contributed by atoms with van der Waals surface area (Å²) in [6, 6.07) is 14.1. The molecule has 0 radical (unpaired) electrons. The van der Waals surface area contributed by atoms with Crippen molar-refractivity contribution in [3.63, 3.8) is 0 Å². The number of aromatic nitrogens is 2. The second-order valence-corrected chi connectivity index (χ2v) is 5.87. The molecule has 132 valence electrons. The topological polar surface area (TPSA) is 73.2 Å². The summed E-state index contributed by atoms with van der Waals surface area (Å²) in [4.78, 5) is 24.7. The van der Waals surface area contributed by atoms with Crippen molar-refractivity contribution in [2.24, 2.45) is 0 Å². The SMILES string of the molecule is COc1ccc(-n2ccc(=O)c(C(=O)Nc3cccc(C)c3C)n2)cc1. The minimum atomic E-state index is -0.536. The van der Waals surface area contributed by atoms with Gasteiger partial charge in [-0.25, -0.2) is 4.68 Å². The fourth-order valence-electron chi connectivity index (χ4n) is 2.51. The van der Waals surface area contributed by atoms with Gasteiger partial charge in [0.25, 0.3) is 5.91 Å². The maximum Gasteiger partial charge on any atom is 0.280 e. The number of rotatable bonds is 4. The average Bonchev–Trinajstić information content (AvgIpc) is 2.66. The molecule has 0 spiro atoms. The second kappa shape index (κ2) is 7.23. The van der Waals surface area contributed by atoms with E-state index in [0.717, 1.165) is 11.1 Å². The number of ether oxygens (including phenoxy) is 1. The number of carbonyl (C=O) groups is 1. The number of carbonyl (C=O) groups excluding carboxylic acids is 1. The highest BCUT2D eigenvalue weighted by atomic mass is 16.5. The lowest BCUT2D eigenvalue weighted by Gasteiger charge is -2.11. The zero-order valence-corrected chi connectivity index (χ0v) is 14.8. The normalized spacial score (nSPS) is 10.4. The van der Waals surface area contributed by atoms with Gasteiger partial charge >= 0.3 is 0 Å². The molecule has 1 heterocycles. The van der Waals surface area contributed by atoms with Gasteiger partial charge in [-0.3, -0.25) is 9.59 Å². The summed E-state index contributed by atoms with van der Waals surface area (Å²) in [7, 11) is 1.59. The Bertz CT molecular complexity index is 1010. The van der Waals surface area contributed by atoms with Crippen molar-refractivity contribution in [1.29, 1.82) is 0 Å². The maximum atomic E-state index is 12.6. The average molecular weight is 349 g/mol. The summed E-state index contributed by atoms with van der Waals surface area (Å²) < 4.78 is 6.61. The van der Waals surface area contributed by atoms with Crippen LogP contribution in [0, 0.1) is 13.8 Å². The molecular weight excluding hydrogens is 330 g/mol. The Labute approximate surface area is 151 Å². The fourth-order valence-corrected chi connectivity index (χ4v) is 2.51. The molecule has 1 N–H and O–H groups in total. The van der Waals surface area contributed by atoms with Crippen molar-refractivity contribution in [2.75, 3.05) is 12.4 Å². The molecule has 1 amide bonds. The highest BCUT2D eigenvalue weighted by molar-refractivity contribution is 6.03. The Morgan fingerprint density at radius 1 is 1.08 bits per heavy atom. The molecule has 3 rings (SSSR count). The molecule has 0 aliphatic heterocycles. The first-order valence-electron chi connectivity index (χ1n) is 8.11. The van der Waals surface area contributed by atoms with Crippen LogP contribution in [0.25, 0.3) is 5.69 Å². The molecule has 2 aromatic carbocycles. The van der Waals surface area contributed by atoms with Crippen LogP contribution in [-0.2, 0) is 0 Å². The molecule has 0 unspecified atom stereocenters. The number of anilines is 1. The molecule has 26 heavy (non-hydrogen) atoms. The number of methoxy groups -OCH3 is 1. The van der Waals surface area contributed by atoms with Gasteiger partial charge in [0.2, 0.25) is 5.43 Å².